The summed E-state index contributed by atoms with van der Waals surface area (Å²) < 4.78 is 27.9. The van der Waals surface area contributed by atoms with Crippen molar-refractivity contribution in [3.8, 4) is 11.8 Å². The van der Waals surface area contributed by atoms with Gasteiger partial charge in [0.15, 0.2) is 0 Å². The van der Waals surface area contributed by atoms with Gasteiger partial charge in [0, 0.05) is 12.1 Å². The van der Waals surface area contributed by atoms with Gasteiger partial charge in [0.05, 0.1) is 12.0 Å². The predicted octanol–water partition coefficient (Wildman–Crippen LogP) is 2.18. The number of hydrogen-bond acceptors (Lipinski definition) is 3. The van der Waals surface area contributed by atoms with Gasteiger partial charge in [-0.05, 0) is 31.2 Å². The largest absolute Gasteiger partial charge is 0.435 e. The molecule has 1 N–H and O–H groups in total. The number of nitrogens with zero attached hydrogens (tertiary/aromatic N) is 1. The average Bonchev–Trinajstić information content (AvgIpc) is 2.35. The number of nitrogens with one attached hydrogen (secondary N) is 1. The molecule has 0 radical (unpaired) electrons. The van der Waals surface area contributed by atoms with Gasteiger partial charge in [-0.3, -0.25) is 4.79 Å². The first-order valence-electron chi connectivity index (χ1n) is 5.25. The summed E-state index contributed by atoms with van der Waals surface area (Å²) in [5.41, 5.74) is 0.321. The molecule has 0 heterocycles. The van der Waals surface area contributed by atoms with Crippen molar-refractivity contribution in [3.05, 3.63) is 29.8 Å². The average molecular weight is 254 g/mol. The maximum Gasteiger partial charge on any atom is 0.387 e. The topological polar surface area (TPSA) is 62.1 Å². The van der Waals surface area contributed by atoms with Gasteiger partial charge in [-0.1, -0.05) is 0 Å². The third kappa shape index (κ3) is 4.37. The van der Waals surface area contributed by atoms with E-state index in [1.165, 1.54) is 24.3 Å². The Balaban J connectivity index is 2.57. The van der Waals surface area contributed by atoms with Crippen LogP contribution in [0.25, 0.3) is 0 Å². The number of halogens is 2. The first-order chi connectivity index (χ1) is 8.52. The van der Waals surface area contributed by atoms with E-state index in [2.05, 4.69) is 10.1 Å². The molecule has 1 unspecified atom stereocenters. The van der Waals surface area contributed by atoms with Gasteiger partial charge >= 0.3 is 6.61 Å². The van der Waals surface area contributed by atoms with E-state index < -0.39 is 6.61 Å². The van der Waals surface area contributed by atoms with E-state index >= 15 is 0 Å². The minimum atomic E-state index is -2.89. The van der Waals surface area contributed by atoms with Crippen molar-refractivity contribution < 1.29 is 18.3 Å². The first kappa shape index (κ1) is 13.9. The fourth-order valence-electron chi connectivity index (χ4n) is 1.18. The highest BCUT2D eigenvalue weighted by Gasteiger charge is 2.08. The number of rotatable bonds is 5. The molecule has 0 aromatic heterocycles. The zero-order chi connectivity index (χ0) is 13.5. The maximum absolute atomic E-state index is 11.9. The summed E-state index contributed by atoms with van der Waals surface area (Å²) in [5, 5.41) is 11.1. The van der Waals surface area contributed by atoms with E-state index in [0.717, 1.165) is 0 Å². The number of benzene rings is 1. The first-order valence-corrected chi connectivity index (χ1v) is 5.25. The van der Waals surface area contributed by atoms with Gasteiger partial charge in [-0.25, -0.2) is 0 Å². The van der Waals surface area contributed by atoms with Gasteiger partial charge in [0.25, 0.3) is 5.91 Å². The standard InChI is InChI=1S/C12H12F2N2O2/c1-8(6-15)7-16-11(17)9-2-4-10(5-3-9)18-12(13)14/h2-5,8,12H,7H2,1H3,(H,16,17). The lowest BCUT2D eigenvalue weighted by molar-refractivity contribution is -0.0498. The molecule has 1 aromatic carbocycles. The van der Waals surface area contributed by atoms with Crippen molar-refractivity contribution in [2.45, 2.75) is 13.5 Å². The third-order valence-electron chi connectivity index (χ3n) is 2.13. The van der Waals surface area contributed by atoms with Crippen LogP contribution >= 0.6 is 0 Å². The minimum Gasteiger partial charge on any atom is -0.435 e. The smallest absolute Gasteiger partial charge is 0.387 e. The van der Waals surface area contributed by atoms with Gasteiger partial charge < -0.3 is 10.1 Å². The number of amides is 1. The summed E-state index contributed by atoms with van der Waals surface area (Å²) >= 11 is 0. The van der Waals surface area contributed by atoms with Crippen LogP contribution in [0.2, 0.25) is 0 Å². The van der Waals surface area contributed by atoms with Crippen LogP contribution in [0.5, 0.6) is 5.75 Å². The Morgan fingerprint density at radius 1 is 1.44 bits per heavy atom. The predicted molar refractivity (Wildman–Crippen MR) is 60.2 cm³/mol. The summed E-state index contributed by atoms with van der Waals surface area (Å²) in [4.78, 5) is 11.6. The summed E-state index contributed by atoms with van der Waals surface area (Å²) in [6.07, 6.45) is 0. The number of nitriles is 1. The van der Waals surface area contributed by atoms with E-state index in [9.17, 15) is 13.6 Å². The van der Waals surface area contributed by atoms with Crippen molar-refractivity contribution in [2.75, 3.05) is 6.54 Å². The van der Waals surface area contributed by atoms with E-state index in [1.54, 1.807) is 6.92 Å². The van der Waals surface area contributed by atoms with Crippen LogP contribution < -0.4 is 10.1 Å². The molecule has 0 spiro atoms. The van der Waals surface area contributed by atoms with Crippen molar-refractivity contribution in [3.63, 3.8) is 0 Å². The highest BCUT2D eigenvalue weighted by molar-refractivity contribution is 5.94. The van der Waals surface area contributed by atoms with Crippen LogP contribution in [0.1, 0.15) is 17.3 Å². The highest BCUT2D eigenvalue weighted by atomic mass is 19.3. The van der Waals surface area contributed by atoms with Crippen molar-refractivity contribution in [1.29, 1.82) is 5.26 Å². The van der Waals surface area contributed by atoms with E-state index in [4.69, 9.17) is 5.26 Å². The van der Waals surface area contributed by atoms with Gasteiger partial charge in [-0.2, -0.15) is 14.0 Å². The zero-order valence-corrected chi connectivity index (χ0v) is 9.69. The number of alkyl halides is 2. The molecule has 96 valence electrons. The molecule has 18 heavy (non-hydrogen) atoms. The molecule has 0 bridgehead atoms. The molecule has 6 heteroatoms. The normalized spacial score (nSPS) is 11.7. The fraction of sp³-hybridized carbons (Fsp3) is 0.333. The van der Waals surface area contributed by atoms with E-state index in [0.29, 0.717) is 5.56 Å². The fourth-order valence-corrected chi connectivity index (χ4v) is 1.18. The summed E-state index contributed by atoms with van der Waals surface area (Å²) in [5.74, 6) is -0.650. The Morgan fingerprint density at radius 3 is 2.56 bits per heavy atom. The van der Waals surface area contributed by atoms with Gasteiger partial charge in [0.1, 0.15) is 5.75 Å². The van der Waals surface area contributed by atoms with E-state index in [-0.39, 0.29) is 24.1 Å². The van der Waals surface area contributed by atoms with Crippen LogP contribution in [0.4, 0.5) is 8.78 Å². The second-order valence-electron chi connectivity index (χ2n) is 3.64. The Labute approximate surface area is 103 Å². The van der Waals surface area contributed by atoms with Gasteiger partial charge in [-0.15, -0.1) is 0 Å². The Morgan fingerprint density at radius 2 is 2.06 bits per heavy atom. The third-order valence-corrected chi connectivity index (χ3v) is 2.13. The molecule has 4 nitrogen and oxygen atoms in total. The number of carbonyl (C=O) groups is 1. The quantitative estimate of drug-likeness (QED) is 0.876. The van der Waals surface area contributed by atoms with Crippen LogP contribution in [-0.2, 0) is 0 Å². The van der Waals surface area contributed by atoms with Crippen molar-refractivity contribution >= 4 is 5.91 Å². The molecule has 1 rings (SSSR count). The molecular formula is C12H12F2N2O2. The lowest BCUT2D eigenvalue weighted by atomic mass is 10.2. The van der Waals surface area contributed by atoms with Crippen molar-refractivity contribution in [2.24, 2.45) is 5.92 Å². The zero-order valence-electron chi connectivity index (χ0n) is 9.69. The molecule has 0 saturated heterocycles. The van der Waals surface area contributed by atoms with Crippen LogP contribution in [0, 0.1) is 17.2 Å². The molecule has 1 amide bonds. The van der Waals surface area contributed by atoms with Crippen LogP contribution in [-0.4, -0.2) is 19.1 Å². The SMILES string of the molecule is CC(C#N)CNC(=O)c1ccc(OC(F)F)cc1. The molecule has 0 aliphatic carbocycles. The molecular weight excluding hydrogens is 242 g/mol. The summed E-state index contributed by atoms with van der Waals surface area (Å²) in [6.45, 7) is -0.967. The Bertz CT molecular complexity index is 440. The monoisotopic (exact) mass is 254 g/mol. The molecule has 0 aliphatic heterocycles. The molecule has 0 saturated carbocycles. The molecule has 1 aromatic rings. The lowest BCUT2D eigenvalue weighted by Crippen LogP contribution is -2.27. The van der Waals surface area contributed by atoms with Crippen molar-refractivity contribution in [1.82, 2.24) is 5.32 Å². The number of carbonyl (C=O) groups excluding carboxylic acids is 1. The second-order valence-corrected chi connectivity index (χ2v) is 3.64. The molecule has 0 fully saturated rings. The Hall–Kier alpha value is -2.16. The van der Waals surface area contributed by atoms with Gasteiger partial charge in [0.2, 0.25) is 0 Å². The molecule has 1 atom stereocenters. The van der Waals surface area contributed by atoms with Crippen LogP contribution in [0.15, 0.2) is 24.3 Å². The summed E-state index contributed by atoms with van der Waals surface area (Å²) in [6, 6.07) is 7.32. The Kier molecular flexibility index (Phi) is 5.06. The number of hydrogen-bond donors (Lipinski definition) is 1. The second kappa shape index (κ2) is 6.55. The summed E-state index contributed by atoms with van der Waals surface area (Å²) in [7, 11) is 0. The lowest BCUT2D eigenvalue weighted by Gasteiger charge is -2.07. The van der Waals surface area contributed by atoms with E-state index in [1.807, 2.05) is 6.07 Å². The maximum atomic E-state index is 11.9. The van der Waals surface area contributed by atoms with Crippen LogP contribution in [0.3, 0.4) is 0 Å². The minimum absolute atomic E-state index is 0.00746. The highest BCUT2D eigenvalue weighted by Crippen LogP contribution is 2.14. The number of ether oxygens (including phenoxy) is 1. The molecule has 0 aliphatic rings.